The molecule has 1 aromatic carbocycles. The van der Waals surface area contributed by atoms with E-state index in [4.69, 9.17) is 10.8 Å². The number of hydrogen-bond acceptors (Lipinski definition) is 4. The third kappa shape index (κ3) is 5.42. The standard InChI is InChI=1S/C13H19NO3S/c14-10(13(16)17)6-2-1-5-9-18-12-8-4-3-7-11(12)15/h3-4,7-8,10,15H,1-2,5-6,9,14H2,(H,16,17)/t10-/m0/s1. The third-order valence-electron chi connectivity index (χ3n) is 2.60. The van der Waals surface area contributed by atoms with Crippen LogP contribution in [0.4, 0.5) is 0 Å². The van der Waals surface area contributed by atoms with Crippen LogP contribution in [0.5, 0.6) is 5.75 Å². The van der Waals surface area contributed by atoms with Crippen molar-refractivity contribution in [1.29, 1.82) is 0 Å². The molecule has 4 N–H and O–H groups in total. The molecule has 1 atom stereocenters. The van der Waals surface area contributed by atoms with Gasteiger partial charge < -0.3 is 15.9 Å². The molecule has 0 radical (unpaired) electrons. The first-order valence-electron chi connectivity index (χ1n) is 6.00. The molecule has 18 heavy (non-hydrogen) atoms. The highest BCUT2D eigenvalue weighted by Crippen LogP contribution is 2.28. The van der Waals surface area contributed by atoms with Crippen LogP contribution >= 0.6 is 11.8 Å². The van der Waals surface area contributed by atoms with Crippen molar-refractivity contribution >= 4 is 17.7 Å². The second-order valence-electron chi connectivity index (χ2n) is 4.11. The fraction of sp³-hybridized carbons (Fsp3) is 0.462. The van der Waals surface area contributed by atoms with Crippen LogP contribution in [0.2, 0.25) is 0 Å². The number of rotatable bonds is 8. The summed E-state index contributed by atoms with van der Waals surface area (Å²) in [5, 5.41) is 18.2. The second-order valence-corrected chi connectivity index (χ2v) is 5.25. The van der Waals surface area contributed by atoms with E-state index < -0.39 is 12.0 Å². The topological polar surface area (TPSA) is 83.5 Å². The number of carboxylic acid groups (broad SMARTS) is 1. The summed E-state index contributed by atoms with van der Waals surface area (Å²) in [7, 11) is 0. The number of aromatic hydroxyl groups is 1. The van der Waals surface area contributed by atoms with Gasteiger partial charge in [-0.15, -0.1) is 11.8 Å². The van der Waals surface area contributed by atoms with Crippen LogP contribution in [0, 0.1) is 0 Å². The summed E-state index contributed by atoms with van der Waals surface area (Å²) in [6.45, 7) is 0. The molecule has 0 saturated heterocycles. The first kappa shape index (κ1) is 14.9. The first-order chi connectivity index (χ1) is 8.61. The molecule has 0 aromatic heterocycles. The number of phenolic OH excluding ortho intramolecular Hbond substituents is 1. The Morgan fingerprint density at radius 1 is 1.28 bits per heavy atom. The average molecular weight is 269 g/mol. The van der Waals surface area contributed by atoms with Crippen molar-refractivity contribution in [2.24, 2.45) is 5.73 Å². The summed E-state index contributed by atoms with van der Waals surface area (Å²) >= 11 is 1.61. The van der Waals surface area contributed by atoms with Gasteiger partial charge >= 0.3 is 5.97 Å². The molecular weight excluding hydrogens is 250 g/mol. The molecule has 0 fully saturated rings. The smallest absolute Gasteiger partial charge is 0.320 e. The molecule has 0 amide bonds. The number of carboxylic acids is 1. The van der Waals surface area contributed by atoms with Gasteiger partial charge in [-0.25, -0.2) is 0 Å². The largest absolute Gasteiger partial charge is 0.507 e. The summed E-state index contributed by atoms with van der Waals surface area (Å²) in [4.78, 5) is 11.4. The zero-order valence-electron chi connectivity index (χ0n) is 10.2. The van der Waals surface area contributed by atoms with Crippen molar-refractivity contribution in [2.45, 2.75) is 36.6 Å². The molecule has 0 aliphatic carbocycles. The second kappa shape index (κ2) is 8.00. The number of carbonyl (C=O) groups is 1. The van der Waals surface area contributed by atoms with Gasteiger partial charge in [0.2, 0.25) is 0 Å². The molecule has 0 heterocycles. The lowest BCUT2D eigenvalue weighted by Gasteiger charge is -2.06. The molecule has 0 aliphatic heterocycles. The van der Waals surface area contributed by atoms with E-state index in [1.54, 1.807) is 23.9 Å². The fourth-order valence-electron chi connectivity index (χ4n) is 1.53. The number of phenols is 1. The molecule has 0 bridgehead atoms. The normalized spacial score (nSPS) is 12.3. The van der Waals surface area contributed by atoms with E-state index >= 15 is 0 Å². The van der Waals surface area contributed by atoms with Gasteiger partial charge in [0.15, 0.2) is 0 Å². The van der Waals surface area contributed by atoms with Gasteiger partial charge in [0.1, 0.15) is 11.8 Å². The minimum atomic E-state index is -0.932. The first-order valence-corrected chi connectivity index (χ1v) is 6.99. The van der Waals surface area contributed by atoms with Crippen molar-refractivity contribution in [2.75, 3.05) is 5.75 Å². The predicted octanol–water partition coefficient (Wildman–Crippen LogP) is 2.46. The van der Waals surface area contributed by atoms with Crippen LogP contribution in [0.15, 0.2) is 29.2 Å². The van der Waals surface area contributed by atoms with Gasteiger partial charge in [-0.1, -0.05) is 25.0 Å². The van der Waals surface area contributed by atoms with Crippen molar-refractivity contribution in [3.8, 4) is 5.75 Å². The van der Waals surface area contributed by atoms with Gasteiger partial charge in [0.05, 0.1) is 0 Å². The maximum atomic E-state index is 10.5. The van der Waals surface area contributed by atoms with E-state index in [1.807, 2.05) is 12.1 Å². The van der Waals surface area contributed by atoms with Gasteiger partial charge in [-0.3, -0.25) is 4.79 Å². The number of aliphatic carboxylic acids is 1. The lowest BCUT2D eigenvalue weighted by molar-refractivity contribution is -0.138. The zero-order valence-corrected chi connectivity index (χ0v) is 11.0. The Bertz CT molecular complexity index is 384. The van der Waals surface area contributed by atoms with Crippen molar-refractivity contribution in [1.82, 2.24) is 0 Å². The summed E-state index contributed by atoms with van der Waals surface area (Å²) in [5.74, 6) is 0.300. The molecular formula is C13H19NO3S. The quantitative estimate of drug-likeness (QED) is 0.499. The number of benzene rings is 1. The highest BCUT2D eigenvalue weighted by atomic mass is 32.2. The lowest BCUT2D eigenvalue weighted by Crippen LogP contribution is -2.29. The van der Waals surface area contributed by atoms with Gasteiger partial charge in [0.25, 0.3) is 0 Å². The Morgan fingerprint density at radius 2 is 2.00 bits per heavy atom. The third-order valence-corrected chi connectivity index (χ3v) is 3.75. The molecule has 5 heteroatoms. The Kier molecular flexibility index (Phi) is 6.60. The maximum absolute atomic E-state index is 10.5. The van der Waals surface area contributed by atoms with Crippen molar-refractivity contribution in [3.05, 3.63) is 24.3 Å². The molecule has 0 aliphatic rings. The summed E-state index contributed by atoms with van der Waals surface area (Å²) in [6.07, 6.45) is 3.30. The number of hydrogen-bond donors (Lipinski definition) is 3. The number of para-hydroxylation sites is 1. The molecule has 1 aromatic rings. The summed E-state index contributed by atoms with van der Waals surface area (Å²) in [6, 6.07) is 6.52. The molecule has 0 unspecified atom stereocenters. The van der Waals surface area contributed by atoms with E-state index in [0.717, 1.165) is 29.9 Å². The molecule has 0 spiro atoms. The Hall–Kier alpha value is -1.20. The Balaban J connectivity index is 2.09. The number of nitrogens with two attached hydrogens (primary N) is 1. The van der Waals surface area contributed by atoms with E-state index in [0.29, 0.717) is 12.2 Å². The van der Waals surface area contributed by atoms with Crippen molar-refractivity contribution < 1.29 is 15.0 Å². The molecule has 4 nitrogen and oxygen atoms in total. The zero-order chi connectivity index (χ0) is 13.4. The van der Waals surface area contributed by atoms with Crippen LogP contribution in [0.25, 0.3) is 0 Å². The fourth-order valence-corrected chi connectivity index (χ4v) is 2.49. The van der Waals surface area contributed by atoms with Crippen LogP contribution in [0.3, 0.4) is 0 Å². The number of unbranched alkanes of at least 4 members (excludes halogenated alkanes) is 2. The molecule has 0 saturated carbocycles. The van der Waals surface area contributed by atoms with E-state index in [1.165, 1.54) is 0 Å². The van der Waals surface area contributed by atoms with Gasteiger partial charge in [-0.2, -0.15) is 0 Å². The minimum absolute atomic E-state index is 0.315. The highest BCUT2D eigenvalue weighted by molar-refractivity contribution is 7.99. The number of thioether (sulfide) groups is 1. The van der Waals surface area contributed by atoms with Gasteiger partial charge in [-0.05, 0) is 30.7 Å². The van der Waals surface area contributed by atoms with Crippen LogP contribution in [-0.2, 0) is 4.79 Å². The summed E-state index contributed by atoms with van der Waals surface area (Å²) < 4.78 is 0. The van der Waals surface area contributed by atoms with Crippen LogP contribution in [0.1, 0.15) is 25.7 Å². The van der Waals surface area contributed by atoms with E-state index in [2.05, 4.69) is 0 Å². The monoisotopic (exact) mass is 269 g/mol. The SMILES string of the molecule is N[C@@H](CCCCCSc1ccccc1O)C(=O)O. The van der Waals surface area contributed by atoms with Crippen molar-refractivity contribution in [3.63, 3.8) is 0 Å². The van der Waals surface area contributed by atoms with Gasteiger partial charge in [0, 0.05) is 4.90 Å². The Morgan fingerprint density at radius 3 is 2.67 bits per heavy atom. The van der Waals surface area contributed by atoms with E-state index in [9.17, 15) is 9.90 Å². The average Bonchev–Trinajstić information content (AvgIpc) is 2.35. The van der Waals surface area contributed by atoms with E-state index in [-0.39, 0.29) is 0 Å². The van der Waals surface area contributed by atoms with Crippen LogP contribution < -0.4 is 5.73 Å². The predicted molar refractivity (Wildman–Crippen MR) is 72.9 cm³/mol. The lowest BCUT2D eigenvalue weighted by atomic mass is 10.1. The Labute approximate surface area is 111 Å². The van der Waals surface area contributed by atoms with Crippen LogP contribution in [-0.4, -0.2) is 28.0 Å². The molecule has 1 rings (SSSR count). The minimum Gasteiger partial charge on any atom is -0.507 e. The summed E-state index contributed by atoms with van der Waals surface area (Å²) in [5.41, 5.74) is 5.40. The molecule has 100 valence electrons. The maximum Gasteiger partial charge on any atom is 0.320 e. The highest BCUT2D eigenvalue weighted by Gasteiger charge is 2.09.